The molecule has 0 atom stereocenters. The van der Waals surface area contributed by atoms with E-state index in [1.807, 2.05) is 7.74 Å². The second-order valence-electron chi connectivity index (χ2n) is 1.59. The van der Waals surface area contributed by atoms with E-state index in [4.69, 9.17) is 0 Å². The van der Waals surface area contributed by atoms with Crippen LogP contribution in [0.4, 0.5) is 0 Å². The topological polar surface area (TPSA) is 0 Å². The molecule has 0 saturated heterocycles. The quantitative estimate of drug-likeness (QED) is 0.418. The summed E-state index contributed by atoms with van der Waals surface area (Å²) in [6.45, 7) is 0. The first-order chi connectivity index (χ1) is 3.72. The van der Waals surface area contributed by atoms with E-state index >= 15 is 0 Å². The third kappa shape index (κ3) is 3.20. The van der Waals surface area contributed by atoms with E-state index in [0.29, 0.717) is 0 Å². The van der Waals surface area contributed by atoms with Crippen LogP contribution in [0.3, 0.4) is 0 Å². The van der Waals surface area contributed by atoms with Crippen LogP contribution in [0.1, 0.15) is 0 Å². The second kappa shape index (κ2) is 4.94. The maximum absolute atomic E-state index is 4.68. The van der Waals surface area contributed by atoms with Gasteiger partial charge in [-0.05, 0) is 0 Å². The van der Waals surface area contributed by atoms with Crippen LogP contribution in [0.25, 0.3) is 0 Å². The molecule has 0 aliphatic rings. The van der Waals surface area contributed by atoms with Crippen LogP contribution >= 0.6 is 36.6 Å². The summed E-state index contributed by atoms with van der Waals surface area (Å²) in [4.78, 5) is 0. The van der Waals surface area contributed by atoms with Crippen LogP contribution in [0.5, 0.6) is 0 Å². The first-order valence-electron chi connectivity index (χ1n) is 2.31. The van der Waals surface area contributed by atoms with Crippen molar-refractivity contribution >= 4 is 68.6 Å². The SMILES string of the molecule is BB(S)B(B=S)B=S. The van der Waals surface area contributed by atoms with Crippen molar-refractivity contribution < 1.29 is 0 Å². The van der Waals surface area contributed by atoms with E-state index in [-0.39, 0.29) is 12.2 Å². The molecule has 0 saturated carbocycles. The van der Waals surface area contributed by atoms with Crippen molar-refractivity contribution in [3.63, 3.8) is 0 Å². The van der Waals surface area contributed by atoms with E-state index in [1.54, 1.807) is 12.1 Å². The van der Waals surface area contributed by atoms with E-state index < -0.39 is 0 Å². The van der Waals surface area contributed by atoms with Crippen molar-refractivity contribution in [1.29, 1.82) is 0 Å². The van der Waals surface area contributed by atoms with Gasteiger partial charge >= 0.3 is 68.6 Å². The molecule has 8 heavy (non-hydrogen) atoms. The molecule has 0 spiro atoms. The Morgan fingerprint density at radius 2 is 1.75 bits per heavy atom. The number of hydrogen-bond acceptors (Lipinski definition) is 3. The molecule has 0 aliphatic heterocycles. The zero-order valence-corrected chi connectivity index (χ0v) is 7.10. The molecule has 0 amide bonds. The summed E-state index contributed by atoms with van der Waals surface area (Å²) in [5, 5.41) is 0. The Balaban J connectivity index is 3.68. The normalized spacial score (nSPS) is 6.62. The molecule has 0 heterocycles. The standard InChI is InChI=1S/B5H3S3/c1-4(8)5(2-6)3-7/h8H,1H2. The summed E-state index contributed by atoms with van der Waals surface area (Å²) in [6, 6.07) is 3.29. The Bertz CT molecular complexity index is 79.7. The van der Waals surface area contributed by atoms with Gasteiger partial charge in [-0.25, -0.2) is 0 Å². The van der Waals surface area contributed by atoms with Gasteiger partial charge in [0, 0.05) is 0 Å². The third-order valence-corrected chi connectivity index (χ3v) is 1.84. The summed E-state index contributed by atoms with van der Waals surface area (Å²) < 4.78 is 0. The first kappa shape index (κ1) is 9.11. The molecule has 0 rings (SSSR count). The summed E-state index contributed by atoms with van der Waals surface area (Å²) in [5.41, 5.74) is 0. The van der Waals surface area contributed by atoms with Crippen molar-refractivity contribution in [2.45, 2.75) is 0 Å². The fraction of sp³-hybridized carbons (Fsp3) is 0. The molecule has 0 fully saturated rings. The van der Waals surface area contributed by atoms with E-state index in [9.17, 15) is 0 Å². The van der Waals surface area contributed by atoms with Gasteiger partial charge in [0.2, 0.25) is 0 Å². The average molecular weight is 153 g/mol. The minimum absolute atomic E-state index is 0.198. The Morgan fingerprint density at radius 1 is 1.38 bits per heavy atom. The fourth-order valence-corrected chi connectivity index (χ4v) is 1.39. The summed E-state index contributed by atoms with van der Waals surface area (Å²) in [7, 11) is 1.97. The van der Waals surface area contributed by atoms with E-state index in [0.717, 1.165) is 0 Å². The van der Waals surface area contributed by atoms with Crippen molar-refractivity contribution in [3.05, 3.63) is 0 Å². The molecule has 8 heteroatoms. The molecule has 0 unspecified atom stereocenters. The monoisotopic (exact) mass is 154 g/mol. The van der Waals surface area contributed by atoms with Crippen molar-refractivity contribution in [3.8, 4) is 0 Å². The van der Waals surface area contributed by atoms with Crippen LogP contribution in [0, 0.1) is 0 Å². The fourth-order valence-electron chi connectivity index (χ4n) is 0.259. The van der Waals surface area contributed by atoms with Gasteiger partial charge in [0.05, 0.1) is 0 Å². The molecular weight excluding hydrogens is 150 g/mol. The maximum atomic E-state index is 4.68. The van der Waals surface area contributed by atoms with Gasteiger partial charge in [-0.3, -0.25) is 0 Å². The van der Waals surface area contributed by atoms with Gasteiger partial charge in [-0.1, -0.05) is 0 Å². The van der Waals surface area contributed by atoms with Crippen molar-refractivity contribution in [2.24, 2.45) is 0 Å². The summed E-state index contributed by atoms with van der Waals surface area (Å²) >= 11 is 13.5. The van der Waals surface area contributed by atoms with Gasteiger partial charge in [-0.15, -0.1) is 0 Å². The predicted octanol–water partition coefficient (Wildman–Crippen LogP) is -0.763. The number of rotatable bonds is 3. The molecule has 36 valence electrons. The molecule has 0 N–H and O–H groups in total. The van der Waals surface area contributed by atoms with E-state index in [1.165, 1.54) is 0 Å². The zero-order chi connectivity index (χ0) is 6.57. The Hall–Kier alpha value is 1.11. The summed E-state index contributed by atoms with van der Waals surface area (Å²) in [5.74, 6) is 0.255. The van der Waals surface area contributed by atoms with Gasteiger partial charge in [-0.2, -0.15) is 0 Å². The molecule has 0 aromatic rings. The number of hydrogen-bond donors (Lipinski definition) is 1. The second-order valence-corrected chi connectivity index (χ2v) is 2.95. The molecule has 0 aromatic heterocycles. The predicted molar refractivity (Wildman–Crippen MR) is 55.7 cm³/mol. The molecule has 0 aromatic carbocycles. The van der Waals surface area contributed by atoms with Crippen LogP contribution in [-0.4, -0.2) is 32.0 Å². The van der Waals surface area contributed by atoms with Crippen LogP contribution < -0.4 is 0 Å². The van der Waals surface area contributed by atoms with Gasteiger partial charge < -0.3 is 0 Å². The third-order valence-electron chi connectivity index (χ3n) is 0.871. The van der Waals surface area contributed by atoms with Gasteiger partial charge in [0.1, 0.15) is 0 Å². The van der Waals surface area contributed by atoms with Crippen molar-refractivity contribution in [1.82, 2.24) is 0 Å². The molecule has 0 aliphatic carbocycles. The molecule has 0 radical (unpaired) electrons. The summed E-state index contributed by atoms with van der Waals surface area (Å²) in [6.07, 6.45) is 0.198. The molecule has 0 bridgehead atoms. The number of thiol groups is 1. The average Bonchev–Trinajstić information content (AvgIpc) is 1.69. The minimum atomic E-state index is 0.198. The van der Waals surface area contributed by atoms with E-state index in [2.05, 4.69) is 36.6 Å². The van der Waals surface area contributed by atoms with Crippen LogP contribution in [0.15, 0.2) is 0 Å². The van der Waals surface area contributed by atoms with Gasteiger partial charge in [0.15, 0.2) is 0 Å². The van der Waals surface area contributed by atoms with Crippen molar-refractivity contribution in [2.75, 3.05) is 0 Å². The van der Waals surface area contributed by atoms with Gasteiger partial charge in [0.25, 0.3) is 0 Å². The first-order valence-corrected chi connectivity index (χ1v) is 3.77. The van der Waals surface area contributed by atoms with Crippen LogP contribution in [0.2, 0.25) is 0 Å². The molecule has 0 nitrogen and oxygen atoms in total. The Kier molecular flexibility index (Phi) is 5.63. The zero-order valence-electron chi connectivity index (χ0n) is 4.57. The van der Waals surface area contributed by atoms with Crippen LogP contribution in [-0.2, 0) is 0 Å². The Morgan fingerprint density at radius 3 is 1.75 bits per heavy atom. The molecular formula is H3B5S3. The Labute approximate surface area is 68.6 Å².